The first-order chi connectivity index (χ1) is 17.8. The number of halogens is 3. The molecule has 3 aromatic carbocycles. The average molecular weight is 544 g/mol. The quantitative estimate of drug-likeness (QED) is 0.273. The number of nitrogens with zero attached hydrogens (tertiary/aromatic N) is 1. The second-order valence-electron chi connectivity index (χ2n) is 9.09. The van der Waals surface area contributed by atoms with Gasteiger partial charge in [-0.25, -0.2) is 4.39 Å². The molecule has 0 N–H and O–H groups in total. The molecule has 194 valence electrons. The molecule has 4 atom stereocenters. The Morgan fingerprint density at radius 1 is 1.05 bits per heavy atom. The van der Waals surface area contributed by atoms with Crippen LogP contribution in [0.5, 0.6) is 0 Å². The third kappa shape index (κ3) is 6.15. The molecule has 1 saturated heterocycles. The van der Waals surface area contributed by atoms with Gasteiger partial charge < -0.3 is 9.47 Å². The lowest BCUT2D eigenvalue weighted by atomic mass is 9.88. The first-order valence-electron chi connectivity index (χ1n) is 12.1. The summed E-state index contributed by atoms with van der Waals surface area (Å²) in [5.41, 5.74) is 3.29. The van der Waals surface area contributed by atoms with Crippen molar-refractivity contribution in [2.24, 2.45) is 0 Å². The third-order valence-electron chi connectivity index (χ3n) is 6.57. The smallest absolute Gasteiger partial charge is 0.295 e. The average Bonchev–Trinajstić information content (AvgIpc) is 2.87. The molecule has 1 aliphatic rings. The maximum atomic E-state index is 14.0. The molecular formula is C29H28Cl2FNO4. The van der Waals surface area contributed by atoms with Crippen molar-refractivity contribution < 1.29 is 23.5 Å². The number of hydrogen-bond donors (Lipinski definition) is 0. The summed E-state index contributed by atoms with van der Waals surface area (Å²) in [6.07, 6.45) is -0.926. The molecule has 0 bridgehead atoms. The number of benzene rings is 3. The zero-order chi connectivity index (χ0) is 26.5. The lowest BCUT2D eigenvalue weighted by Crippen LogP contribution is -2.56. The summed E-state index contributed by atoms with van der Waals surface area (Å²) in [7, 11) is 0. The van der Waals surface area contributed by atoms with Crippen LogP contribution in [0.2, 0.25) is 10.0 Å². The zero-order valence-electron chi connectivity index (χ0n) is 20.6. The monoisotopic (exact) mass is 543 g/mol. The SMILES string of the molecule is CCC[C@H](OC=O)N1C(=O)[C@H](Cc2ccc(F)cc2)O[C@@H](c2ccc(Cl)cc2C)[C@H]1c1ccc(Cl)cc1. The first-order valence-corrected chi connectivity index (χ1v) is 12.9. The van der Waals surface area contributed by atoms with Crippen LogP contribution >= 0.6 is 23.2 Å². The molecule has 8 heteroatoms. The second kappa shape index (κ2) is 12.1. The maximum absolute atomic E-state index is 14.0. The van der Waals surface area contributed by atoms with Gasteiger partial charge in [0.2, 0.25) is 0 Å². The summed E-state index contributed by atoms with van der Waals surface area (Å²) in [5.74, 6) is -0.673. The van der Waals surface area contributed by atoms with Crippen molar-refractivity contribution in [2.45, 2.75) is 57.6 Å². The summed E-state index contributed by atoms with van der Waals surface area (Å²) >= 11 is 12.4. The van der Waals surface area contributed by atoms with Crippen molar-refractivity contribution in [3.05, 3.63) is 105 Å². The summed E-state index contributed by atoms with van der Waals surface area (Å²) in [6, 6.07) is 18.1. The van der Waals surface area contributed by atoms with E-state index in [0.717, 1.165) is 22.3 Å². The van der Waals surface area contributed by atoms with E-state index in [1.54, 1.807) is 35.2 Å². The number of amides is 1. The Morgan fingerprint density at radius 3 is 2.35 bits per heavy atom. The molecule has 0 radical (unpaired) electrons. The van der Waals surface area contributed by atoms with Gasteiger partial charge in [-0.05, 0) is 65.6 Å². The third-order valence-corrected chi connectivity index (χ3v) is 7.06. The van der Waals surface area contributed by atoms with Gasteiger partial charge in [0.25, 0.3) is 12.4 Å². The van der Waals surface area contributed by atoms with E-state index in [2.05, 4.69) is 0 Å². The van der Waals surface area contributed by atoms with Gasteiger partial charge in [-0.3, -0.25) is 14.5 Å². The fourth-order valence-electron chi connectivity index (χ4n) is 4.83. The van der Waals surface area contributed by atoms with Crippen molar-refractivity contribution in [1.29, 1.82) is 0 Å². The summed E-state index contributed by atoms with van der Waals surface area (Å²) < 4.78 is 25.6. The minimum Gasteiger partial charge on any atom is -0.444 e. The Bertz CT molecular complexity index is 1240. The fraction of sp³-hybridized carbons (Fsp3) is 0.310. The summed E-state index contributed by atoms with van der Waals surface area (Å²) in [4.78, 5) is 27.2. The lowest BCUT2D eigenvalue weighted by Gasteiger charge is -2.47. The van der Waals surface area contributed by atoms with E-state index in [1.165, 1.54) is 12.1 Å². The highest BCUT2D eigenvalue weighted by molar-refractivity contribution is 6.30. The van der Waals surface area contributed by atoms with Gasteiger partial charge >= 0.3 is 0 Å². The van der Waals surface area contributed by atoms with Crippen LogP contribution in [-0.4, -0.2) is 29.6 Å². The molecule has 0 spiro atoms. The highest BCUT2D eigenvalue weighted by Gasteiger charge is 2.47. The molecule has 0 aromatic heterocycles. The van der Waals surface area contributed by atoms with Crippen LogP contribution in [0.25, 0.3) is 0 Å². The second-order valence-corrected chi connectivity index (χ2v) is 9.97. The highest BCUT2D eigenvalue weighted by atomic mass is 35.5. The van der Waals surface area contributed by atoms with Gasteiger partial charge in [-0.1, -0.05) is 66.9 Å². The lowest BCUT2D eigenvalue weighted by molar-refractivity contribution is -0.198. The summed E-state index contributed by atoms with van der Waals surface area (Å²) in [6.45, 7) is 4.27. The largest absolute Gasteiger partial charge is 0.444 e. The van der Waals surface area contributed by atoms with E-state index in [4.69, 9.17) is 32.7 Å². The van der Waals surface area contributed by atoms with Gasteiger partial charge in [0.1, 0.15) is 18.0 Å². The molecule has 0 aliphatic carbocycles. The number of morpholine rings is 1. The van der Waals surface area contributed by atoms with E-state index in [9.17, 15) is 14.0 Å². The Morgan fingerprint density at radius 2 is 1.73 bits per heavy atom. The van der Waals surface area contributed by atoms with E-state index < -0.39 is 24.5 Å². The molecule has 3 aromatic rings. The first kappa shape index (κ1) is 27.1. The van der Waals surface area contributed by atoms with Crippen LogP contribution in [0.1, 0.15) is 54.2 Å². The van der Waals surface area contributed by atoms with E-state index in [1.807, 2.05) is 38.1 Å². The Labute approximate surface area is 226 Å². The molecular weight excluding hydrogens is 516 g/mol. The predicted octanol–water partition coefficient (Wildman–Crippen LogP) is 6.99. The number of ether oxygens (including phenoxy) is 2. The molecule has 1 fully saturated rings. The Kier molecular flexibility index (Phi) is 8.85. The Balaban J connectivity index is 1.86. The van der Waals surface area contributed by atoms with Crippen molar-refractivity contribution >= 4 is 35.6 Å². The fourth-order valence-corrected chi connectivity index (χ4v) is 5.18. The van der Waals surface area contributed by atoms with Crippen LogP contribution in [0.15, 0.2) is 66.7 Å². The number of rotatable bonds is 9. The van der Waals surface area contributed by atoms with Crippen LogP contribution in [0.4, 0.5) is 4.39 Å². The molecule has 0 unspecified atom stereocenters. The molecule has 4 rings (SSSR count). The minimum atomic E-state index is -0.885. The molecule has 37 heavy (non-hydrogen) atoms. The van der Waals surface area contributed by atoms with Crippen molar-refractivity contribution in [2.75, 3.05) is 0 Å². The maximum Gasteiger partial charge on any atom is 0.295 e. The van der Waals surface area contributed by atoms with Crippen LogP contribution < -0.4 is 0 Å². The minimum absolute atomic E-state index is 0.228. The number of aryl methyl sites for hydroxylation is 1. The van der Waals surface area contributed by atoms with Gasteiger partial charge in [-0.2, -0.15) is 0 Å². The van der Waals surface area contributed by atoms with Crippen molar-refractivity contribution in [3.8, 4) is 0 Å². The normalized spacial score (nSPS) is 20.5. The molecule has 1 aliphatic heterocycles. The predicted molar refractivity (Wildman–Crippen MR) is 141 cm³/mol. The number of carbonyl (C=O) groups excluding carboxylic acids is 2. The summed E-state index contributed by atoms with van der Waals surface area (Å²) in [5, 5.41) is 1.14. The van der Waals surface area contributed by atoms with E-state index in [0.29, 0.717) is 29.4 Å². The number of carbonyl (C=O) groups is 2. The van der Waals surface area contributed by atoms with Crippen LogP contribution in [0.3, 0.4) is 0 Å². The molecule has 0 saturated carbocycles. The van der Waals surface area contributed by atoms with Crippen molar-refractivity contribution in [1.82, 2.24) is 4.90 Å². The van der Waals surface area contributed by atoms with E-state index >= 15 is 0 Å². The van der Waals surface area contributed by atoms with Gasteiger partial charge in [-0.15, -0.1) is 0 Å². The van der Waals surface area contributed by atoms with Gasteiger partial charge in [0, 0.05) is 22.9 Å². The van der Waals surface area contributed by atoms with Crippen LogP contribution in [-0.2, 0) is 25.5 Å². The number of hydrogen-bond acceptors (Lipinski definition) is 4. The van der Waals surface area contributed by atoms with Gasteiger partial charge in [0.05, 0.1) is 6.04 Å². The molecule has 5 nitrogen and oxygen atoms in total. The topological polar surface area (TPSA) is 55.8 Å². The Hall–Kier alpha value is -2.93. The van der Waals surface area contributed by atoms with Crippen molar-refractivity contribution in [3.63, 3.8) is 0 Å². The standard InChI is InChI=1S/C29H28Cl2FNO4/c1-3-4-26(36-17-34)33-27(20-7-9-21(30)10-8-20)28(24-14-11-22(31)15-18(24)2)37-25(29(33)35)16-19-5-12-23(32)13-6-19/h5-15,17,25-28H,3-4,16H2,1-2H3/t25-,26-,27+,28-/m0/s1. The van der Waals surface area contributed by atoms with Crippen LogP contribution in [0, 0.1) is 12.7 Å². The van der Waals surface area contributed by atoms with Gasteiger partial charge in [0.15, 0.2) is 6.23 Å². The van der Waals surface area contributed by atoms with E-state index in [-0.39, 0.29) is 18.1 Å². The zero-order valence-corrected chi connectivity index (χ0v) is 22.1. The highest BCUT2D eigenvalue weighted by Crippen LogP contribution is 2.45. The molecule has 1 heterocycles. The molecule has 1 amide bonds.